The molecule has 3 N–H and O–H groups in total. The largest absolute Gasteiger partial charge is 0.375 e. The van der Waals surface area contributed by atoms with Gasteiger partial charge in [-0.05, 0) is 37.1 Å². The molecule has 0 unspecified atom stereocenters. The van der Waals surface area contributed by atoms with E-state index in [0.29, 0.717) is 22.0 Å². The molecule has 0 radical (unpaired) electrons. The number of rotatable bonds is 6. The minimum atomic E-state index is -0.244. The predicted octanol–water partition coefficient (Wildman–Crippen LogP) is 4.06. The highest BCUT2D eigenvalue weighted by molar-refractivity contribution is 6.33. The van der Waals surface area contributed by atoms with Gasteiger partial charge in [0.05, 0.1) is 28.5 Å². The van der Waals surface area contributed by atoms with Crippen molar-refractivity contribution in [2.24, 2.45) is 0 Å². The van der Waals surface area contributed by atoms with Crippen molar-refractivity contribution in [3.63, 3.8) is 0 Å². The Balaban J connectivity index is 1.61. The first-order valence-corrected chi connectivity index (χ1v) is 9.19. The van der Waals surface area contributed by atoms with Crippen LogP contribution in [0.5, 0.6) is 0 Å². The number of para-hydroxylation sites is 2. The Bertz CT molecular complexity index is 788. The van der Waals surface area contributed by atoms with E-state index in [2.05, 4.69) is 16.0 Å². The smallest absolute Gasteiger partial charge is 0.253 e. The molecule has 26 heavy (non-hydrogen) atoms. The fraction of sp³-hybridized carbons (Fsp3) is 0.300. The van der Waals surface area contributed by atoms with Crippen LogP contribution in [0.2, 0.25) is 5.02 Å². The van der Waals surface area contributed by atoms with E-state index in [1.165, 1.54) is 0 Å². The maximum atomic E-state index is 12.5. The molecule has 0 saturated heterocycles. The lowest BCUT2D eigenvalue weighted by molar-refractivity contribution is -0.114. The second-order valence-corrected chi connectivity index (χ2v) is 6.79. The van der Waals surface area contributed by atoms with Crippen LogP contribution in [0.15, 0.2) is 48.5 Å². The summed E-state index contributed by atoms with van der Waals surface area (Å²) in [6, 6.07) is 14.5. The first kappa shape index (κ1) is 18.3. The summed E-state index contributed by atoms with van der Waals surface area (Å²) in [6.07, 6.45) is 4.33. The molecule has 0 aliphatic heterocycles. The van der Waals surface area contributed by atoms with Crippen molar-refractivity contribution in [2.45, 2.75) is 31.7 Å². The van der Waals surface area contributed by atoms with Crippen LogP contribution in [-0.2, 0) is 4.79 Å². The molecular weight excluding hydrogens is 350 g/mol. The van der Waals surface area contributed by atoms with Gasteiger partial charge >= 0.3 is 0 Å². The second kappa shape index (κ2) is 8.72. The van der Waals surface area contributed by atoms with Crippen molar-refractivity contribution in [3.8, 4) is 0 Å². The van der Waals surface area contributed by atoms with Crippen LogP contribution < -0.4 is 16.0 Å². The van der Waals surface area contributed by atoms with Gasteiger partial charge < -0.3 is 16.0 Å². The monoisotopic (exact) mass is 371 g/mol. The average Bonchev–Trinajstić information content (AvgIpc) is 3.14. The van der Waals surface area contributed by atoms with E-state index < -0.39 is 0 Å². The number of hydrogen-bond donors (Lipinski definition) is 3. The van der Waals surface area contributed by atoms with Crippen LogP contribution in [0.25, 0.3) is 0 Å². The first-order chi connectivity index (χ1) is 12.6. The van der Waals surface area contributed by atoms with Crippen LogP contribution in [0.3, 0.4) is 0 Å². The van der Waals surface area contributed by atoms with Gasteiger partial charge in [-0.1, -0.05) is 48.7 Å². The van der Waals surface area contributed by atoms with Crippen LogP contribution in [0.4, 0.5) is 11.4 Å². The molecule has 2 aromatic carbocycles. The lowest BCUT2D eigenvalue weighted by Crippen LogP contribution is -2.33. The number of amides is 2. The van der Waals surface area contributed by atoms with Gasteiger partial charge in [-0.2, -0.15) is 0 Å². The third-order valence-corrected chi connectivity index (χ3v) is 4.78. The van der Waals surface area contributed by atoms with E-state index in [1.54, 1.807) is 36.4 Å². The van der Waals surface area contributed by atoms with Crippen molar-refractivity contribution in [1.82, 2.24) is 5.32 Å². The van der Waals surface area contributed by atoms with Gasteiger partial charge in [-0.25, -0.2) is 0 Å². The summed E-state index contributed by atoms with van der Waals surface area (Å²) in [5, 5.41) is 9.40. The van der Waals surface area contributed by atoms with Gasteiger partial charge in [0.2, 0.25) is 5.91 Å². The van der Waals surface area contributed by atoms with Gasteiger partial charge in [0.25, 0.3) is 5.91 Å². The number of halogens is 1. The van der Waals surface area contributed by atoms with E-state index in [4.69, 9.17) is 11.6 Å². The molecule has 1 aliphatic rings. The van der Waals surface area contributed by atoms with Gasteiger partial charge in [-0.15, -0.1) is 0 Å². The molecule has 0 spiro atoms. The molecule has 0 aromatic heterocycles. The Morgan fingerprint density at radius 3 is 2.35 bits per heavy atom. The van der Waals surface area contributed by atoms with E-state index in [9.17, 15) is 9.59 Å². The third kappa shape index (κ3) is 4.76. The Morgan fingerprint density at radius 1 is 0.962 bits per heavy atom. The number of hydrogen-bond acceptors (Lipinski definition) is 3. The molecule has 136 valence electrons. The van der Waals surface area contributed by atoms with Gasteiger partial charge in [0.1, 0.15) is 0 Å². The minimum absolute atomic E-state index is 0.0578. The lowest BCUT2D eigenvalue weighted by Gasteiger charge is -2.15. The molecule has 1 aliphatic carbocycles. The zero-order valence-electron chi connectivity index (χ0n) is 14.4. The summed E-state index contributed by atoms with van der Waals surface area (Å²) in [5.41, 5.74) is 1.68. The normalized spacial score (nSPS) is 14.0. The Hall–Kier alpha value is -2.53. The van der Waals surface area contributed by atoms with Gasteiger partial charge in [0, 0.05) is 6.04 Å². The van der Waals surface area contributed by atoms with Crippen molar-refractivity contribution in [3.05, 3.63) is 59.1 Å². The highest BCUT2D eigenvalue weighted by atomic mass is 35.5. The molecule has 1 saturated carbocycles. The van der Waals surface area contributed by atoms with E-state index in [0.717, 1.165) is 25.7 Å². The highest BCUT2D eigenvalue weighted by Crippen LogP contribution is 2.21. The standard InChI is InChI=1S/C20H22ClN3O2/c21-16-10-4-6-12-18(16)22-13-19(25)24-17-11-5-3-9-15(17)20(26)23-14-7-1-2-8-14/h3-6,9-12,14,22H,1-2,7-8,13H2,(H,23,26)(H,24,25). The fourth-order valence-corrected chi connectivity index (χ4v) is 3.30. The predicted molar refractivity (Wildman–Crippen MR) is 105 cm³/mol. The minimum Gasteiger partial charge on any atom is -0.375 e. The SMILES string of the molecule is O=C(CNc1ccccc1Cl)Nc1ccccc1C(=O)NC1CCCC1. The number of carbonyl (C=O) groups is 2. The molecule has 2 amide bonds. The average molecular weight is 372 g/mol. The Morgan fingerprint density at radius 2 is 1.62 bits per heavy atom. The summed E-state index contributed by atoms with van der Waals surface area (Å²) in [6.45, 7) is 0.0578. The summed E-state index contributed by atoms with van der Waals surface area (Å²) in [5.74, 6) is -0.391. The number of carbonyl (C=O) groups excluding carboxylic acids is 2. The van der Waals surface area contributed by atoms with Crippen molar-refractivity contribution >= 4 is 34.8 Å². The number of nitrogens with one attached hydrogen (secondary N) is 3. The van der Waals surface area contributed by atoms with E-state index >= 15 is 0 Å². The lowest BCUT2D eigenvalue weighted by atomic mass is 10.1. The molecule has 6 heteroatoms. The van der Waals surface area contributed by atoms with Crippen LogP contribution in [0.1, 0.15) is 36.0 Å². The molecule has 0 bridgehead atoms. The molecule has 2 aromatic rings. The van der Waals surface area contributed by atoms with Crippen LogP contribution >= 0.6 is 11.6 Å². The fourth-order valence-electron chi connectivity index (χ4n) is 3.10. The molecule has 1 fully saturated rings. The van der Waals surface area contributed by atoms with Crippen LogP contribution in [-0.4, -0.2) is 24.4 Å². The summed E-state index contributed by atoms with van der Waals surface area (Å²) < 4.78 is 0. The first-order valence-electron chi connectivity index (χ1n) is 8.81. The van der Waals surface area contributed by atoms with Crippen molar-refractivity contribution in [2.75, 3.05) is 17.2 Å². The summed E-state index contributed by atoms with van der Waals surface area (Å²) in [7, 11) is 0. The zero-order chi connectivity index (χ0) is 18.4. The molecule has 0 heterocycles. The summed E-state index contributed by atoms with van der Waals surface area (Å²) in [4.78, 5) is 24.8. The highest BCUT2D eigenvalue weighted by Gasteiger charge is 2.20. The Kier molecular flexibility index (Phi) is 6.12. The van der Waals surface area contributed by atoms with E-state index in [1.807, 2.05) is 12.1 Å². The number of anilines is 2. The Labute approximate surface area is 158 Å². The van der Waals surface area contributed by atoms with Crippen molar-refractivity contribution in [1.29, 1.82) is 0 Å². The number of benzene rings is 2. The van der Waals surface area contributed by atoms with Gasteiger partial charge in [-0.3, -0.25) is 9.59 Å². The maximum absolute atomic E-state index is 12.5. The molecule has 3 rings (SSSR count). The summed E-state index contributed by atoms with van der Waals surface area (Å²) >= 11 is 6.07. The van der Waals surface area contributed by atoms with Crippen LogP contribution in [0, 0.1) is 0 Å². The zero-order valence-corrected chi connectivity index (χ0v) is 15.2. The molecular formula is C20H22ClN3O2. The van der Waals surface area contributed by atoms with Crippen molar-refractivity contribution < 1.29 is 9.59 Å². The third-order valence-electron chi connectivity index (χ3n) is 4.45. The topological polar surface area (TPSA) is 70.2 Å². The molecule has 0 atom stereocenters. The molecule has 5 nitrogen and oxygen atoms in total. The maximum Gasteiger partial charge on any atom is 0.253 e. The van der Waals surface area contributed by atoms with Gasteiger partial charge in [0.15, 0.2) is 0 Å². The van der Waals surface area contributed by atoms with E-state index in [-0.39, 0.29) is 24.4 Å². The quantitative estimate of drug-likeness (QED) is 0.717. The second-order valence-electron chi connectivity index (χ2n) is 6.38.